The second-order valence-electron chi connectivity index (χ2n) is 6.12. The quantitative estimate of drug-likeness (QED) is 0.732. The van der Waals surface area contributed by atoms with Crippen LogP contribution in [0.2, 0.25) is 5.02 Å². The second kappa shape index (κ2) is 8.86. The predicted octanol–water partition coefficient (Wildman–Crippen LogP) is 5.26. The summed E-state index contributed by atoms with van der Waals surface area (Å²) in [6.07, 6.45) is 5.04. The van der Waals surface area contributed by atoms with E-state index in [1.807, 2.05) is 18.2 Å². The van der Waals surface area contributed by atoms with Gasteiger partial charge in [-0.1, -0.05) is 37.1 Å². The summed E-state index contributed by atoms with van der Waals surface area (Å²) in [4.78, 5) is 16.4. The van der Waals surface area contributed by atoms with Crippen LogP contribution >= 0.6 is 11.6 Å². The molecule has 0 fully saturated rings. The monoisotopic (exact) mass is 360 g/mol. The van der Waals surface area contributed by atoms with Gasteiger partial charge in [-0.25, -0.2) is 4.98 Å². The van der Waals surface area contributed by atoms with Crippen molar-refractivity contribution in [2.24, 2.45) is 0 Å². The smallest absolute Gasteiger partial charge is 0.273 e. The fourth-order valence-electron chi connectivity index (χ4n) is 2.74. The van der Waals surface area contributed by atoms with E-state index in [0.29, 0.717) is 23.9 Å². The topological polar surface area (TPSA) is 55.1 Å². The first-order chi connectivity index (χ1) is 11.9. The molecule has 1 N–H and O–H groups in total. The summed E-state index contributed by atoms with van der Waals surface area (Å²) < 4.78 is 5.32. The Labute approximate surface area is 154 Å². The summed E-state index contributed by atoms with van der Waals surface area (Å²) in [7, 11) is 0. The number of oxazole rings is 1. The van der Waals surface area contributed by atoms with Crippen molar-refractivity contribution in [3.05, 3.63) is 57.8 Å². The van der Waals surface area contributed by atoms with E-state index in [1.54, 1.807) is 13.8 Å². The van der Waals surface area contributed by atoms with Gasteiger partial charge in [-0.2, -0.15) is 0 Å². The first-order valence-corrected chi connectivity index (χ1v) is 8.98. The van der Waals surface area contributed by atoms with E-state index in [4.69, 9.17) is 16.0 Å². The highest BCUT2D eigenvalue weighted by atomic mass is 35.5. The van der Waals surface area contributed by atoms with Gasteiger partial charge in [0, 0.05) is 18.5 Å². The number of carbonyl (C=O) groups excluding carboxylic acids is 1. The van der Waals surface area contributed by atoms with Crippen molar-refractivity contribution in [1.82, 2.24) is 10.3 Å². The molecule has 0 atom stereocenters. The molecule has 0 aliphatic carbocycles. The third-order valence-corrected chi connectivity index (χ3v) is 4.26. The number of aryl methyl sites for hydroxylation is 3. The Morgan fingerprint density at radius 1 is 1.32 bits per heavy atom. The number of carbonyl (C=O) groups is 1. The maximum absolute atomic E-state index is 12.3. The number of aromatic nitrogens is 1. The Morgan fingerprint density at radius 3 is 2.72 bits per heavy atom. The summed E-state index contributed by atoms with van der Waals surface area (Å²) in [6, 6.07) is 5.91. The van der Waals surface area contributed by atoms with Crippen LogP contribution in [0.25, 0.3) is 5.57 Å². The zero-order valence-electron chi connectivity index (χ0n) is 15.3. The molecule has 134 valence electrons. The number of rotatable bonds is 7. The van der Waals surface area contributed by atoms with Crippen molar-refractivity contribution in [3.63, 3.8) is 0 Å². The van der Waals surface area contributed by atoms with Gasteiger partial charge in [-0.15, -0.1) is 0 Å². The second-order valence-corrected chi connectivity index (χ2v) is 6.56. The van der Waals surface area contributed by atoms with Crippen LogP contribution < -0.4 is 5.32 Å². The average Bonchev–Trinajstić information content (AvgIpc) is 2.91. The molecule has 25 heavy (non-hydrogen) atoms. The molecule has 0 saturated carbocycles. The van der Waals surface area contributed by atoms with Gasteiger partial charge in [0.05, 0.1) is 0 Å². The molecular weight excluding hydrogens is 336 g/mol. The summed E-state index contributed by atoms with van der Waals surface area (Å²) >= 11 is 6.16. The lowest BCUT2D eigenvalue weighted by Gasteiger charge is -2.12. The molecule has 0 aliphatic heterocycles. The van der Waals surface area contributed by atoms with E-state index in [-0.39, 0.29) is 5.91 Å². The number of amides is 1. The van der Waals surface area contributed by atoms with Crippen molar-refractivity contribution < 1.29 is 9.21 Å². The maximum atomic E-state index is 12.3. The van der Waals surface area contributed by atoms with Crippen molar-refractivity contribution in [2.45, 2.75) is 47.0 Å². The minimum atomic E-state index is -0.202. The zero-order chi connectivity index (χ0) is 18.4. The molecule has 4 nitrogen and oxygen atoms in total. The fraction of sp³-hybridized carbons (Fsp3) is 0.400. The normalized spacial score (nSPS) is 11.6. The van der Waals surface area contributed by atoms with E-state index in [9.17, 15) is 4.79 Å². The van der Waals surface area contributed by atoms with Gasteiger partial charge in [-0.3, -0.25) is 4.79 Å². The Hall–Kier alpha value is -2.07. The molecule has 5 heteroatoms. The van der Waals surface area contributed by atoms with Gasteiger partial charge in [0.15, 0.2) is 11.6 Å². The molecule has 1 amide bonds. The molecule has 0 radical (unpaired) electrons. The van der Waals surface area contributed by atoms with Gasteiger partial charge in [0.2, 0.25) is 0 Å². The third-order valence-electron chi connectivity index (χ3n) is 4.02. The van der Waals surface area contributed by atoms with Crippen molar-refractivity contribution in [1.29, 1.82) is 0 Å². The number of hydrogen-bond donors (Lipinski definition) is 1. The molecule has 0 saturated heterocycles. The Kier molecular flexibility index (Phi) is 6.82. The molecule has 2 aromatic rings. The lowest BCUT2D eigenvalue weighted by molar-refractivity contribution is 0.0948. The van der Waals surface area contributed by atoms with Crippen LogP contribution in [0.1, 0.15) is 59.5 Å². The lowest BCUT2D eigenvalue weighted by atomic mass is 9.96. The highest BCUT2D eigenvalue weighted by Gasteiger charge is 2.15. The molecule has 1 heterocycles. The predicted molar refractivity (Wildman–Crippen MR) is 102 cm³/mol. The summed E-state index contributed by atoms with van der Waals surface area (Å²) in [5.74, 6) is 0.843. The minimum absolute atomic E-state index is 0.202. The number of nitrogens with one attached hydrogen (secondary N) is 1. The first-order valence-electron chi connectivity index (χ1n) is 8.60. The molecule has 0 aliphatic rings. The number of benzene rings is 1. The van der Waals surface area contributed by atoms with Crippen molar-refractivity contribution in [3.8, 4) is 0 Å². The first kappa shape index (κ1) is 19.3. The summed E-state index contributed by atoms with van der Waals surface area (Å²) in [5.41, 5.74) is 3.88. The number of hydrogen-bond acceptors (Lipinski definition) is 3. The Balaban J connectivity index is 2.07. The maximum Gasteiger partial charge on any atom is 0.273 e. The summed E-state index contributed by atoms with van der Waals surface area (Å²) in [6.45, 7) is 8.24. The van der Waals surface area contributed by atoms with Gasteiger partial charge in [0.1, 0.15) is 5.76 Å². The van der Waals surface area contributed by atoms with Crippen LogP contribution in [0.3, 0.4) is 0 Å². The van der Waals surface area contributed by atoms with Crippen LogP contribution in [0.15, 0.2) is 28.7 Å². The molecule has 1 aromatic heterocycles. The third kappa shape index (κ3) is 5.20. The van der Waals surface area contributed by atoms with Gasteiger partial charge >= 0.3 is 0 Å². The number of unbranched alkanes of at least 4 members (excludes halogenated alkanes) is 1. The number of allylic oxidation sites excluding steroid dienone is 1. The van der Waals surface area contributed by atoms with Crippen LogP contribution in [-0.2, 0) is 0 Å². The molecule has 0 unspecified atom stereocenters. The van der Waals surface area contributed by atoms with E-state index >= 15 is 0 Å². The fourth-order valence-corrected chi connectivity index (χ4v) is 2.91. The summed E-state index contributed by atoms with van der Waals surface area (Å²) in [5, 5.41) is 3.65. The Bertz CT molecular complexity index is 778. The van der Waals surface area contributed by atoms with Crippen LogP contribution in [0, 0.1) is 20.8 Å². The van der Waals surface area contributed by atoms with E-state index in [0.717, 1.165) is 29.8 Å². The standard InChI is InChI=1S/C20H25ClN2O2/c1-5-6-7-16(18-12-17(21)9-8-13(18)2)10-11-22-20(24)19-14(3)25-15(4)23-19/h7-9,12H,5-6,10-11H2,1-4H3,(H,22,24)/b16-7-. The highest BCUT2D eigenvalue weighted by molar-refractivity contribution is 6.30. The van der Waals surface area contributed by atoms with Crippen molar-refractivity contribution in [2.75, 3.05) is 6.54 Å². The SMILES string of the molecule is CCC/C=C(/CCNC(=O)c1nc(C)oc1C)c1cc(Cl)ccc1C. The number of nitrogens with zero attached hydrogens (tertiary/aromatic N) is 1. The molecule has 0 spiro atoms. The van der Waals surface area contributed by atoms with E-state index in [1.165, 1.54) is 11.1 Å². The van der Waals surface area contributed by atoms with Crippen molar-refractivity contribution >= 4 is 23.1 Å². The molecule has 2 rings (SSSR count). The molecule has 0 bridgehead atoms. The van der Waals surface area contributed by atoms with Crippen LogP contribution in [0.4, 0.5) is 0 Å². The average molecular weight is 361 g/mol. The zero-order valence-corrected chi connectivity index (χ0v) is 16.0. The minimum Gasteiger partial charge on any atom is -0.445 e. The Morgan fingerprint density at radius 2 is 2.08 bits per heavy atom. The van der Waals surface area contributed by atoms with Crippen LogP contribution in [0.5, 0.6) is 0 Å². The molecular formula is C20H25ClN2O2. The number of halogens is 1. The highest BCUT2D eigenvalue weighted by Crippen LogP contribution is 2.26. The van der Waals surface area contributed by atoms with E-state index < -0.39 is 0 Å². The van der Waals surface area contributed by atoms with E-state index in [2.05, 4.69) is 30.2 Å². The lowest BCUT2D eigenvalue weighted by Crippen LogP contribution is -2.25. The van der Waals surface area contributed by atoms with Gasteiger partial charge in [-0.05, 0) is 55.5 Å². The van der Waals surface area contributed by atoms with Crippen LogP contribution in [-0.4, -0.2) is 17.4 Å². The largest absolute Gasteiger partial charge is 0.445 e. The van der Waals surface area contributed by atoms with Gasteiger partial charge in [0.25, 0.3) is 5.91 Å². The van der Waals surface area contributed by atoms with Gasteiger partial charge < -0.3 is 9.73 Å². The molecule has 1 aromatic carbocycles.